The van der Waals surface area contributed by atoms with Gasteiger partial charge in [-0.05, 0) is 29.8 Å². The van der Waals surface area contributed by atoms with Crippen molar-refractivity contribution >= 4 is 28.3 Å². The third kappa shape index (κ3) is 5.13. The van der Waals surface area contributed by atoms with Crippen molar-refractivity contribution in [3.8, 4) is 5.75 Å². The normalized spacial score (nSPS) is 10.3. The molecule has 0 saturated heterocycles. The van der Waals surface area contributed by atoms with Crippen molar-refractivity contribution in [3.05, 3.63) is 59.7 Å². The Labute approximate surface area is 146 Å². The van der Waals surface area contributed by atoms with Gasteiger partial charge in [0.05, 0.1) is 12.9 Å². The van der Waals surface area contributed by atoms with Gasteiger partial charge in [-0.25, -0.2) is 0 Å². The number of ether oxygens (including phenoxy) is 1. The lowest BCUT2D eigenvalue weighted by Crippen LogP contribution is -2.16. The van der Waals surface area contributed by atoms with Crippen molar-refractivity contribution in [2.45, 2.75) is 13.5 Å². The molecular weight excluding hydrogens is 322 g/mol. The summed E-state index contributed by atoms with van der Waals surface area (Å²) in [7, 11) is 3.67. The second-order valence-corrected chi connectivity index (χ2v) is 6.61. The highest BCUT2D eigenvalue weighted by atomic mass is 32.2. The van der Waals surface area contributed by atoms with Gasteiger partial charge >= 0.3 is 0 Å². The molecule has 0 radical (unpaired) electrons. The van der Waals surface area contributed by atoms with Crippen LogP contribution < -0.4 is 9.64 Å². The molecule has 0 aromatic heterocycles. The number of nitrogens with zero attached hydrogens (tertiary/aromatic N) is 1. The molecule has 0 fully saturated rings. The quantitative estimate of drug-likeness (QED) is 0.716. The molecule has 0 atom stereocenters. The molecule has 4 nitrogen and oxygen atoms in total. The highest BCUT2D eigenvalue weighted by Gasteiger charge is 2.08. The van der Waals surface area contributed by atoms with Gasteiger partial charge in [0.1, 0.15) is 5.75 Å². The molecule has 24 heavy (non-hydrogen) atoms. The number of thioether (sulfide) groups is 1. The minimum Gasteiger partial charge on any atom is -0.497 e. The Hall–Kier alpha value is -2.27. The molecule has 0 unspecified atom stereocenters. The molecule has 0 spiro atoms. The van der Waals surface area contributed by atoms with E-state index in [2.05, 4.69) is 4.90 Å². The Morgan fingerprint density at radius 1 is 1.04 bits per heavy atom. The van der Waals surface area contributed by atoms with Gasteiger partial charge in [-0.1, -0.05) is 36.0 Å². The zero-order valence-electron chi connectivity index (χ0n) is 14.1. The van der Waals surface area contributed by atoms with Gasteiger partial charge < -0.3 is 9.64 Å². The van der Waals surface area contributed by atoms with Crippen LogP contribution in [0, 0.1) is 0 Å². The molecule has 5 heteroatoms. The minimum atomic E-state index is -0.0407. The van der Waals surface area contributed by atoms with Gasteiger partial charge in [-0.15, -0.1) is 0 Å². The highest BCUT2D eigenvalue weighted by molar-refractivity contribution is 8.14. The molecule has 126 valence electrons. The van der Waals surface area contributed by atoms with Crippen LogP contribution >= 0.6 is 11.8 Å². The van der Waals surface area contributed by atoms with E-state index in [4.69, 9.17) is 4.74 Å². The maximum Gasteiger partial charge on any atom is 0.186 e. The van der Waals surface area contributed by atoms with Gasteiger partial charge in [0.2, 0.25) is 0 Å². The Kier molecular flexibility index (Phi) is 6.44. The number of methoxy groups -OCH3 is 1. The molecule has 0 aliphatic carbocycles. The fraction of sp³-hybridized carbons (Fsp3) is 0.263. The summed E-state index contributed by atoms with van der Waals surface area (Å²) in [6, 6.07) is 15.4. The molecule has 2 rings (SSSR count). The number of rotatable bonds is 7. The monoisotopic (exact) mass is 343 g/mol. The van der Waals surface area contributed by atoms with Crippen LogP contribution in [0.2, 0.25) is 0 Å². The third-order valence-corrected chi connectivity index (χ3v) is 4.43. The standard InChI is InChI=1S/C19H21NO3S/c1-14(21)24-13-19(22)16-6-4-15(5-7-16)12-20(2)17-8-10-18(23-3)11-9-17/h4-11H,12-13H2,1-3H3. The van der Waals surface area contributed by atoms with Crippen molar-refractivity contribution in [1.82, 2.24) is 0 Å². The van der Waals surface area contributed by atoms with Crippen LogP contribution in [0.25, 0.3) is 0 Å². The van der Waals surface area contributed by atoms with Crippen LogP contribution in [-0.2, 0) is 11.3 Å². The molecule has 0 saturated carbocycles. The molecule has 0 aliphatic heterocycles. The summed E-state index contributed by atoms with van der Waals surface area (Å²) in [5.41, 5.74) is 2.84. The summed E-state index contributed by atoms with van der Waals surface area (Å²) < 4.78 is 5.16. The van der Waals surface area contributed by atoms with E-state index < -0.39 is 0 Å². The number of hydrogen-bond donors (Lipinski definition) is 0. The first-order valence-electron chi connectivity index (χ1n) is 7.60. The zero-order valence-corrected chi connectivity index (χ0v) is 14.9. The minimum absolute atomic E-state index is 0.0229. The van der Waals surface area contributed by atoms with Gasteiger partial charge in [-0.2, -0.15) is 0 Å². The molecule has 0 amide bonds. The summed E-state index contributed by atoms with van der Waals surface area (Å²) >= 11 is 1.04. The van der Waals surface area contributed by atoms with Crippen molar-refractivity contribution in [2.75, 3.05) is 24.8 Å². The van der Waals surface area contributed by atoms with Crippen LogP contribution in [0.5, 0.6) is 5.75 Å². The lowest BCUT2D eigenvalue weighted by atomic mass is 10.1. The van der Waals surface area contributed by atoms with E-state index in [1.54, 1.807) is 7.11 Å². The van der Waals surface area contributed by atoms with Crippen LogP contribution in [0.3, 0.4) is 0 Å². The summed E-state index contributed by atoms with van der Waals surface area (Å²) in [6.07, 6.45) is 0. The van der Waals surface area contributed by atoms with Crippen LogP contribution in [0.15, 0.2) is 48.5 Å². The molecule has 2 aromatic rings. The Morgan fingerprint density at radius 3 is 2.21 bits per heavy atom. The number of hydrogen-bond acceptors (Lipinski definition) is 5. The molecular formula is C19H21NO3S. The zero-order chi connectivity index (χ0) is 17.5. The lowest BCUT2D eigenvalue weighted by molar-refractivity contribution is -0.109. The van der Waals surface area contributed by atoms with E-state index in [0.717, 1.165) is 35.3 Å². The predicted molar refractivity (Wildman–Crippen MR) is 99.0 cm³/mol. The lowest BCUT2D eigenvalue weighted by Gasteiger charge is -2.19. The number of Topliss-reactive ketones (excluding diaryl/α,β-unsaturated/α-hetero) is 1. The van der Waals surface area contributed by atoms with E-state index in [1.807, 2.05) is 55.6 Å². The molecule has 0 heterocycles. The molecule has 0 N–H and O–H groups in total. The van der Waals surface area contributed by atoms with Gasteiger partial charge in [-0.3, -0.25) is 9.59 Å². The number of anilines is 1. The average molecular weight is 343 g/mol. The first-order valence-corrected chi connectivity index (χ1v) is 8.59. The number of ketones is 1. The summed E-state index contributed by atoms with van der Waals surface area (Å²) in [5.74, 6) is 1.00. The van der Waals surface area contributed by atoms with Crippen molar-refractivity contribution in [3.63, 3.8) is 0 Å². The third-order valence-electron chi connectivity index (χ3n) is 3.62. The fourth-order valence-electron chi connectivity index (χ4n) is 2.25. The van der Waals surface area contributed by atoms with Crippen LogP contribution in [-0.4, -0.2) is 30.8 Å². The molecule has 0 bridgehead atoms. The number of carbonyl (C=O) groups excluding carboxylic acids is 2. The van der Waals surface area contributed by atoms with E-state index in [1.165, 1.54) is 6.92 Å². The van der Waals surface area contributed by atoms with Gasteiger partial charge in [0.15, 0.2) is 10.9 Å². The Bertz CT molecular complexity index is 696. The SMILES string of the molecule is COc1ccc(N(C)Cc2ccc(C(=O)CSC(C)=O)cc2)cc1. The van der Waals surface area contributed by atoms with E-state index >= 15 is 0 Å². The first kappa shape index (κ1) is 18.1. The number of carbonyl (C=O) groups is 2. The summed E-state index contributed by atoms with van der Waals surface area (Å²) in [4.78, 5) is 25.0. The highest BCUT2D eigenvalue weighted by Crippen LogP contribution is 2.20. The second kappa shape index (κ2) is 8.55. The molecule has 0 aliphatic rings. The first-order chi connectivity index (χ1) is 11.5. The van der Waals surface area contributed by atoms with Crippen LogP contribution in [0.1, 0.15) is 22.8 Å². The van der Waals surface area contributed by atoms with Gasteiger partial charge in [0, 0.05) is 31.8 Å². The average Bonchev–Trinajstić information content (AvgIpc) is 2.60. The maximum atomic E-state index is 12.0. The smallest absolute Gasteiger partial charge is 0.186 e. The molecule has 2 aromatic carbocycles. The fourth-order valence-corrected chi connectivity index (χ4v) is 2.75. The Morgan fingerprint density at radius 2 is 1.67 bits per heavy atom. The largest absolute Gasteiger partial charge is 0.497 e. The predicted octanol–water partition coefficient (Wildman–Crippen LogP) is 3.79. The van der Waals surface area contributed by atoms with E-state index in [0.29, 0.717) is 5.56 Å². The van der Waals surface area contributed by atoms with E-state index in [9.17, 15) is 9.59 Å². The maximum absolute atomic E-state index is 12.0. The van der Waals surface area contributed by atoms with Crippen LogP contribution in [0.4, 0.5) is 5.69 Å². The van der Waals surface area contributed by atoms with Crippen molar-refractivity contribution in [2.24, 2.45) is 0 Å². The van der Waals surface area contributed by atoms with Crippen molar-refractivity contribution < 1.29 is 14.3 Å². The summed E-state index contributed by atoms with van der Waals surface area (Å²) in [6.45, 7) is 2.21. The summed E-state index contributed by atoms with van der Waals surface area (Å²) in [5, 5.41) is -0.0407. The Balaban J connectivity index is 1.97. The van der Waals surface area contributed by atoms with Gasteiger partial charge in [0.25, 0.3) is 0 Å². The number of benzene rings is 2. The van der Waals surface area contributed by atoms with Crippen molar-refractivity contribution in [1.29, 1.82) is 0 Å². The second-order valence-electron chi connectivity index (χ2n) is 5.45. The topological polar surface area (TPSA) is 46.6 Å². The van der Waals surface area contributed by atoms with E-state index in [-0.39, 0.29) is 16.7 Å².